The third kappa shape index (κ3) is 6.03. The molecule has 0 radical (unpaired) electrons. The first-order valence-corrected chi connectivity index (χ1v) is 15.5. The highest BCUT2D eigenvalue weighted by Crippen LogP contribution is 2.28. The molecule has 0 saturated carbocycles. The number of aromatic amines is 1. The van der Waals surface area contributed by atoms with Gasteiger partial charge in [0.2, 0.25) is 0 Å². The van der Waals surface area contributed by atoms with Gasteiger partial charge in [0.1, 0.15) is 11.6 Å². The number of fused-ring (bicyclic) bond motifs is 1. The zero-order valence-corrected chi connectivity index (χ0v) is 24.6. The molecule has 0 spiro atoms. The molecule has 0 atom stereocenters. The van der Waals surface area contributed by atoms with Gasteiger partial charge < -0.3 is 4.98 Å². The van der Waals surface area contributed by atoms with Crippen LogP contribution in [0, 0.1) is 0 Å². The van der Waals surface area contributed by atoms with Gasteiger partial charge in [0.15, 0.2) is 11.2 Å². The molecule has 42 heavy (non-hydrogen) atoms. The Kier molecular flexibility index (Phi) is 8.35. The van der Waals surface area contributed by atoms with E-state index in [0.29, 0.717) is 41.1 Å². The molecule has 2 N–H and O–H groups in total. The number of aryl methyl sites for hydroxylation is 1. The second-order valence-electron chi connectivity index (χ2n) is 10.5. The number of hydrogen-bond acceptors (Lipinski definition) is 6. The third-order valence-corrected chi connectivity index (χ3v) is 8.44. The smallest absolute Gasteiger partial charge is 0.279 e. The molecule has 0 aliphatic rings. The molecule has 5 rings (SSSR count). The summed E-state index contributed by atoms with van der Waals surface area (Å²) in [5.41, 5.74) is 2.90. The van der Waals surface area contributed by atoms with Gasteiger partial charge in [0.25, 0.3) is 21.5 Å². The lowest BCUT2D eigenvalue weighted by Crippen LogP contribution is -2.30. The molecular formula is C32H33N5O4S. The molecule has 1 amide bonds. The first kappa shape index (κ1) is 28.9. The first-order valence-electron chi connectivity index (χ1n) is 14.0. The number of sulfonamides is 1. The number of carbonyl (C=O) groups is 1. The highest BCUT2D eigenvalue weighted by molar-refractivity contribution is 7.90. The number of H-pyrrole nitrogens is 1. The van der Waals surface area contributed by atoms with Gasteiger partial charge in [-0.1, -0.05) is 87.9 Å². The van der Waals surface area contributed by atoms with E-state index in [1.54, 1.807) is 53.1 Å². The minimum absolute atomic E-state index is 0.00467. The molecule has 0 fully saturated rings. The average Bonchev–Trinajstić information content (AvgIpc) is 3.43. The SMILES string of the molecule is CCCCc1nc2nc(C(C)C)[nH]c2c(=O)n1Cc1ccc(-c2ccccc2S(=O)(=O)NC(=O)c2ccccc2)cc1. The van der Waals surface area contributed by atoms with Gasteiger partial charge in [-0.05, 0) is 35.7 Å². The number of aromatic nitrogens is 4. The summed E-state index contributed by atoms with van der Waals surface area (Å²) >= 11 is 0. The van der Waals surface area contributed by atoms with Gasteiger partial charge in [-0.2, -0.15) is 0 Å². The van der Waals surface area contributed by atoms with Crippen LogP contribution >= 0.6 is 0 Å². The molecule has 2 aromatic heterocycles. The van der Waals surface area contributed by atoms with Crippen molar-refractivity contribution in [3.8, 4) is 11.1 Å². The molecule has 0 bridgehead atoms. The Morgan fingerprint density at radius 2 is 1.64 bits per heavy atom. The number of nitrogens with one attached hydrogen (secondary N) is 2. The Labute approximate surface area is 244 Å². The molecule has 0 aliphatic carbocycles. The van der Waals surface area contributed by atoms with Crippen molar-refractivity contribution in [3.05, 3.63) is 112 Å². The average molecular weight is 584 g/mol. The van der Waals surface area contributed by atoms with Crippen LogP contribution in [-0.4, -0.2) is 33.8 Å². The summed E-state index contributed by atoms with van der Waals surface area (Å²) in [5, 5.41) is 0. The zero-order valence-electron chi connectivity index (χ0n) is 23.8. The maximum Gasteiger partial charge on any atom is 0.279 e. The van der Waals surface area contributed by atoms with E-state index in [2.05, 4.69) is 21.6 Å². The van der Waals surface area contributed by atoms with Crippen molar-refractivity contribution in [1.29, 1.82) is 0 Å². The zero-order chi connectivity index (χ0) is 29.9. The van der Waals surface area contributed by atoms with E-state index in [9.17, 15) is 18.0 Å². The number of amides is 1. The second-order valence-corrected chi connectivity index (χ2v) is 12.1. The summed E-state index contributed by atoms with van der Waals surface area (Å²) in [7, 11) is -4.15. The first-order chi connectivity index (χ1) is 20.2. The Hall–Kier alpha value is -4.57. The summed E-state index contributed by atoms with van der Waals surface area (Å²) in [6.07, 6.45) is 2.52. The van der Waals surface area contributed by atoms with Crippen molar-refractivity contribution in [2.24, 2.45) is 0 Å². The van der Waals surface area contributed by atoms with Crippen molar-refractivity contribution in [1.82, 2.24) is 24.2 Å². The summed E-state index contributed by atoms with van der Waals surface area (Å²) < 4.78 is 30.4. The Bertz CT molecular complexity index is 1890. The summed E-state index contributed by atoms with van der Waals surface area (Å²) in [6, 6.07) is 22.1. The van der Waals surface area contributed by atoms with Gasteiger partial charge in [-0.25, -0.2) is 23.1 Å². The molecule has 0 saturated heterocycles. The highest BCUT2D eigenvalue weighted by atomic mass is 32.2. The summed E-state index contributed by atoms with van der Waals surface area (Å²) in [5.74, 6) is 0.850. The fourth-order valence-corrected chi connectivity index (χ4v) is 5.95. The van der Waals surface area contributed by atoms with E-state index < -0.39 is 15.9 Å². The minimum atomic E-state index is -4.15. The molecule has 216 valence electrons. The van der Waals surface area contributed by atoms with E-state index in [0.717, 1.165) is 24.2 Å². The highest BCUT2D eigenvalue weighted by Gasteiger charge is 2.23. The van der Waals surface area contributed by atoms with E-state index in [1.807, 2.05) is 38.1 Å². The Balaban J connectivity index is 1.45. The largest absolute Gasteiger partial charge is 0.336 e. The van der Waals surface area contributed by atoms with Gasteiger partial charge in [0.05, 0.1) is 11.4 Å². The molecule has 10 heteroatoms. The number of unbranched alkanes of at least 4 members (excludes halogenated alkanes) is 1. The maximum absolute atomic E-state index is 13.5. The number of benzene rings is 3. The monoisotopic (exact) mass is 583 g/mol. The van der Waals surface area contributed by atoms with Crippen LogP contribution in [-0.2, 0) is 23.0 Å². The number of rotatable bonds is 10. The predicted octanol–water partition coefficient (Wildman–Crippen LogP) is 5.42. The van der Waals surface area contributed by atoms with Crippen molar-refractivity contribution >= 4 is 27.1 Å². The molecular weight excluding hydrogens is 550 g/mol. The van der Waals surface area contributed by atoms with E-state index in [1.165, 1.54) is 6.07 Å². The topological polar surface area (TPSA) is 127 Å². The van der Waals surface area contributed by atoms with Crippen LogP contribution in [0.1, 0.15) is 67.1 Å². The van der Waals surface area contributed by atoms with Gasteiger partial charge in [0, 0.05) is 23.5 Å². The second kappa shape index (κ2) is 12.1. The number of hydrogen-bond donors (Lipinski definition) is 2. The Morgan fingerprint density at radius 3 is 2.33 bits per heavy atom. The van der Waals surface area contributed by atoms with Crippen molar-refractivity contribution in [2.75, 3.05) is 0 Å². The number of nitrogens with zero attached hydrogens (tertiary/aromatic N) is 3. The lowest BCUT2D eigenvalue weighted by atomic mass is 10.0. The molecule has 0 aliphatic heterocycles. The van der Waals surface area contributed by atoms with Crippen LogP contribution < -0.4 is 10.3 Å². The quantitative estimate of drug-likeness (QED) is 0.226. The van der Waals surface area contributed by atoms with Crippen molar-refractivity contribution < 1.29 is 13.2 Å². The minimum Gasteiger partial charge on any atom is -0.336 e. The molecule has 9 nitrogen and oxygen atoms in total. The van der Waals surface area contributed by atoms with Crippen LogP contribution in [0.15, 0.2) is 88.6 Å². The molecule has 3 aromatic carbocycles. The van der Waals surface area contributed by atoms with Crippen LogP contribution in [0.2, 0.25) is 0 Å². The lowest BCUT2D eigenvalue weighted by Gasteiger charge is -2.14. The molecule has 2 heterocycles. The van der Waals surface area contributed by atoms with Gasteiger partial charge in [-0.3, -0.25) is 14.2 Å². The van der Waals surface area contributed by atoms with E-state index in [-0.39, 0.29) is 21.9 Å². The van der Waals surface area contributed by atoms with Crippen LogP contribution in [0.3, 0.4) is 0 Å². The predicted molar refractivity (Wildman–Crippen MR) is 163 cm³/mol. The third-order valence-electron chi connectivity index (χ3n) is 7.05. The van der Waals surface area contributed by atoms with Gasteiger partial charge in [-0.15, -0.1) is 0 Å². The standard InChI is InChI=1S/C32H33N5O4S/c1-4-5-15-27-33-30-28(34-29(35-30)21(2)3)32(39)37(27)20-22-16-18-23(19-17-22)25-13-9-10-14-26(25)42(40,41)36-31(38)24-11-7-6-8-12-24/h6-14,16-19,21H,4-5,15,20H2,1-3H3,(H,34,35)(H,36,38). The van der Waals surface area contributed by atoms with E-state index in [4.69, 9.17) is 4.98 Å². The van der Waals surface area contributed by atoms with Crippen molar-refractivity contribution in [3.63, 3.8) is 0 Å². The van der Waals surface area contributed by atoms with E-state index >= 15 is 0 Å². The van der Waals surface area contributed by atoms with Gasteiger partial charge >= 0.3 is 0 Å². The number of imidazole rings is 1. The van der Waals surface area contributed by atoms with Crippen LogP contribution in [0.5, 0.6) is 0 Å². The molecule has 0 unspecified atom stereocenters. The maximum atomic E-state index is 13.5. The van der Waals surface area contributed by atoms with Crippen LogP contribution in [0.4, 0.5) is 0 Å². The number of carbonyl (C=O) groups excluding carboxylic acids is 1. The summed E-state index contributed by atoms with van der Waals surface area (Å²) in [4.78, 5) is 38.6. The normalized spacial score (nSPS) is 11.7. The fraction of sp³-hybridized carbons (Fsp3) is 0.250. The fourth-order valence-electron chi connectivity index (χ4n) is 4.75. The Morgan fingerprint density at radius 1 is 0.952 bits per heavy atom. The summed E-state index contributed by atoms with van der Waals surface area (Å²) in [6.45, 7) is 6.42. The lowest BCUT2D eigenvalue weighted by molar-refractivity contribution is 0.0981. The molecule has 5 aromatic rings. The van der Waals surface area contributed by atoms with Crippen molar-refractivity contribution in [2.45, 2.75) is 57.4 Å². The van der Waals surface area contributed by atoms with Crippen LogP contribution in [0.25, 0.3) is 22.3 Å².